The van der Waals surface area contributed by atoms with Gasteiger partial charge in [0.2, 0.25) is 0 Å². The topological polar surface area (TPSA) is 127 Å². The van der Waals surface area contributed by atoms with Crippen molar-refractivity contribution < 1.29 is 36.3 Å². The number of urea groups is 1. The molecule has 10 nitrogen and oxygen atoms in total. The van der Waals surface area contributed by atoms with Crippen molar-refractivity contribution >= 4 is 34.6 Å². The molecule has 3 heterocycles. The Bertz CT molecular complexity index is 1670. The first-order chi connectivity index (χ1) is 20.0. The fraction of sp³-hybridized carbons (Fsp3) is 0.259. The van der Waals surface area contributed by atoms with Crippen LogP contribution in [0.2, 0.25) is 0 Å². The zero-order valence-electron chi connectivity index (χ0n) is 22.0. The summed E-state index contributed by atoms with van der Waals surface area (Å²) in [6.45, 7) is 0.893. The average Bonchev–Trinajstić information content (AvgIpc) is 3.56. The van der Waals surface area contributed by atoms with Gasteiger partial charge >= 0.3 is 12.2 Å². The maximum absolute atomic E-state index is 15.2. The van der Waals surface area contributed by atoms with Gasteiger partial charge in [0.1, 0.15) is 29.2 Å². The molecule has 0 unspecified atom stereocenters. The number of anilines is 3. The minimum Gasteiger partial charge on any atom is -0.383 e. The molecule has 1 atom stereocenters. The second kappa shape index (κ2) is 11.2. The van der Waals surface area contributed by atoms with Gasteiger partial charge in [0.15, 0.2) is 5.82 Å². The third kappa shape index (κ3) is 5.54. The van der Waals surface area contributed by atoms with Crippen molar-refractivity contribution in [3.8, 4) is 11.1 Å². The summed E-state index contributed by atoms with van der Waals surface area (Å²) in [4.78, 5) is 31.6. The summed E-state index contributed by atoms with van der Waals surface area (Å²) in [7, 11) is 1.56. The summed E-state index contributed by atoms with van der Waals surface area (Å²) in [5.74, 6) is -2.30. The number of aromatic nitrogens is 3. The van der Waals surface area contributed by atoms with E-state index in [1.54, 1.807) is 12.0 Å². The molecule has 1 fully saturated rings. The lowest BCUT2D eigenvalue weighted by atomic mass is 10.1. The number of rotatable bonds is 6. The van der Waals surface area contributed by atoms with Gasteiger partial charge in [-0.05, 0) is 54.8 Å². The van der Waals surface area contributed by atoms with Crippen LogP contribution in [0.4, 0.5) is 43.9 Å². The second-order valence-corrected chi connectivity index (χ2v) is 9.57. The van der Waals surface area contributed by atoms with Crippen molar-refractivity contribution in [2.24, 2.45) is 0 Å². The number of fused-ring (bicyclic) bond motifs is 1. The minimum absolute atomic E-state index is 0.0408. The molecule has 220 valence electrons. The number of halogens is 5. The number of nitrogens with zero attached hydrogens (tertiary/aromatic N) is 4. The lowest BCUT2D eigenvalue weighted by Gasteiger charge is -2.23. The Morgan fingerprint density at radius 2 is 1.83 bits per heavy atom. The van der Waals surface area contributed by atoms with E-state index in [1.807, 2.05) is 5.32 Å². The number of methoxy groups -OCH3 is 1. The summed E-state index contributed by atoms with van der Waals surface area (Å²) in [5, 5.41) is 8.29. The van der Waals surface area contributed by atoms with Crippen molar-refractivity contribution in [3.05, 3.63) is 71.7 Å². The highest BCUT2D eigenvalue weighted by molar-refractivity contribution is 6.02. The van der Waals surface area contributed by atoms with Crippen molar-refractivity contribution in [1.29, 1.82) is 0 Å². The molecule has 1 aliphatic heterocycles. The molecule has 42 heavy (non-hydrogen) atoms. The first kappa shape index (κ1) is 28.7. The van der Waals surface area contributed by atoms with Crippen LogP contribution in [0.25, 0.3) is 16.6 Å². The minimum atomic E-state index is -4.76. The normalized spacial score (nSPS) is 15.3. The Balaban J connectivity index is 1.42. The van der Waals surface area contributed by atoms with Gasteiger partial charge in [-0.25, -0.2) is 23.1 Å². The number of nitrogens with two attached hydrogens (primary N) is 1. The van der Waals surface area contributed by atoms with Gasteiger partial charge in [0, 0.05) is 19.2 Å². The van der Waals surface area contributed by atoms with Gasteiger partial charge in [0.25, 0.3) is 5.91 Å². The number of alkyl halides is 3. The van der Waals surface area contributed by atoms with Crippen molar-refractivity contribution in [2.45, 2.75) is 25.1 Å². The Kier molecular flexibility index (Phi) is 7.69. The molecule has 2 aromatic heterocycles. The van der Waals surface area contributed by atoms with Crippen LogP contribution >= 0.6 is 0 Å². The largest absolute Gasteiger partial charge is 0.416 e. The first-order valence-corrected chi connectivity index (χ1v) is 12.6. The Hall–Kier alpha value is -4.79. The number of hydrogen-bond donors (Lipinski definition) is 3. The summed E-state index contributed by atoms with van der Waals surface area (Å²) in [6.07, 6.45) is -1.98. The SMILES string of the molecule is COC[C@H]1CCCN1C(=O)c1cc(-c2ccc(NC(=O)Nc3cc(C(F)(F)F)ccc3F)c(F)c2)c2c(N)ncnn12. The predicted octanol–water partition coefficient (Wildman–Crippen LogP) is 5.17. The predicted molar refractivity (Wildman–Crippen MR) is 143 cm³/mol. The third-order valence-electron chi connectivity index (χ3n) is 6.87. The Morgan fingerprint density at radius 3 is 2.55 bits per heavy atom. The zero-order valence-corrected chi connectivity index (χ0v) is 22.0. The van der Waals surface area contributed by atoms with Crippen LogP contribution in [0.15, 0.2) is 48.8 Å². The highest BCUT2D eigenvalue weighted by Crippen LogP contribution is 2.34. The monoisotopic (exact) mass is 589 g/mol. The van der Waals surface area contributed by atoms with Crippen LogP contribution in [0.1, 0.15) is 28.9 Å². The van der Waals surface area contributed by atoms with Crippen LogP contribution in [-0.2, 0) is 10.9 Å². The number of nitrogens with one attached hydrogen (secondary N) is 2. The molecule has 1 saturated heterocycles. The lowest BCUT2D eigenvalue weighted by Crippen LogP contribution is -2.38. The molecule has 0 radical (unpaired) electrons. The molecule has 4 N–H and O–H groups in total. The molecule has 2 aromatic carbocycles. The third-order valence-corrected chi connectivity index (χ3v) is 6.87. The number of benzene rings is 2. The smallest absolute Gasteiger partial charge is 0.383 e. The summed E-state index contributed by atoms with van der Waals surface area (Å²) in [6, 6.07) is 5.46. The van der Waals surface area contributed by atoms with Gasteiger partial charge in [0.05, 0.1) is 29.6 Å². The molecule has 5 rings (SSSR count). The number of carbonyl (C=O) groups excluding carboxylic acids is 2. The van der Waals surface area contributed by atoms with E-state index in [2.05, 4.69) is 15.4 Å². The Morgan fingerprint density at radius 1 is 1.07 bits per heavy atom. The summed E-state index contributed by atoms with van der Waals surface area (Å²) in [5.41, 5.74) is 4.93. The maximum atomic E-state index is 15.2. The number of amides is 3. The number of nitrogen functional groups attached to an aromatic ring is 1. The fourth-order valence-corrected chi connectivity index (χ4v) is 4.91. The highest BCUT2D eigenvalue weighted by atomic mass is 19.4. The maximum Gasteiger partial charge on any atom is 0.416 e. The van der Waals surface area contributed by atoms with Crippen LogP contribution in [0.3, 0.4) is 0 Å². The van der Waals surface area contributed by atoms with Crippen molar-refractivity contribution in [1.82, 2.24) is 19.5 Å². The van der Waals surface area contributed by atoms with Crippen molar-refractivity contribution in [3.63, 3.8) is 0 Å². The summed E-state index contributed by atoms with van der Waals surface area (Å²) < 4.78 is 74.7. The fourth-order valence-electron chi connectivity index (χ4n) is 4.91. The first-order valence-electron chi connectivity index (χ1n) is 12.6. The Labute approximate surface area is 235 Å². The van der Waals surface area contributed by atoms with Gasteiger partial charge < -0.3 is 26.0 Å². The number of ether oxygens (including phenoxy) is 1. The standard InChI is InChI=1S/C27H24F5N7O3/c1-42-12-16-3-2-8-38(16)25(40)22-11-17(23-24(33)34-13-35-39(22)23)14-4-7-20(19(29)9-14)36-26(41)37-21-10-15(27(30,31)32)5-6-18(21)28/h4-7,9-11,13,16H,2-3,8,12H2,1H3,(H2,33,34,35)(H2,36,37,41)/t16-/m1/s1. The van der Waals surface area contributed by atoms with Gasteiger partial charge in [-0.1, -0.05) is 6.07 Å². The molecule has 0 aliphatic carbocycles. The molecule has 0 saturated carbocycles. The number of carbonyl (C=O) groups is 2. The van der Waals surface area contributed by atoms with Gasteiger partial charge in [-0.15, -0.1) is 0 Å². The average molecular weight is 590 g/mol. The van der Waals surface area contributed by atoms with E-state index >= 15 is 4.39 Å². The molecule has 4 aromatic rings. The highest BCUT2D eigenvalue weighted by Gasteiger charge is 2.33. The van der Waals surface area contributed by atoms with Crippen molar-refractivity contribution in [2.75, 3.05) is 36.6 Å². The van der Waals surface area contributed by atoms with E-state index in [0.29, 0.717) is 36.9 Å². The molecule has 1 aliphatic rings. The summed E-state index contributed by atoms with van der Waals surface area (Å²) >= 11 is 0. The quantitative estimate of drug-likeness (QED) is 0.267. The second-order valence-electron chi connectivity index (χ2n) is 9.57. The van der Waals surface area contributed by atoms with Crippen LogP contribution in [0.5, 0.6) is 0 Å². The van der Waals surface area contributed by atoms with E-state index in [1.165, 1.54) is 29.0 Å². The molecular weight excluding hydrogens is 565 g/mol. The van der Waals surface area contributed by atoms with E-state index in [-0.39, 0.29) is 40.2 Å². The molecule has 0 bridgehead atoms. The number of hydrogen-bond acceptors (Lipinski definition) is 6. The van der Waals surface area contributed by atoms with Crippen LogP contribution in [-0.4, -0.2) is 57.7 Å². The molecule has 0 spiro atoms. The van der Waals surface area contributed by atoms with E-state index in [0.717, 1.165) is 18.9 Å². The zero-order chi connectivity index (χ0) is 30.2. The molecular formula is C27H24F5N7O3. The van der Waals surface area contributed by atoms with E-state index < -0.39 is 35.1 Å². The van der Waals surface area contributed by atoms with E-state index in [9.17, 15) is 27.2 Å². The molecule has 3 amide bonds. The van der Waals surface area contributed by atoms with Gasteiger partial charge in [-0.3, -0.25) is 4.79 Å². The number of likely N-dealkylation sites (tertiary alicyclic amines) is 1. The van der Waals surface area contributed by atoms with Crippen LogP contribution in [0, 0.1) is 11.6 Å². The van der Waals surface area contributed by atoms with E-state index in [4.69, 9.17) is 10.5 Å². The molecule has 15 heteroatoms. The van der Waals surface area contributed by atoms with Gasteiger partial charge in [-0.2, -0.15) is 18.3 Å². The van der Waals surface area contributed by atoms with Crippen LogP contribution < -0.4 is 16.4 Å². The lowest BCUT2D eigenvalue weighted by molar-refractivity contribution is -0.137.